The molecule has 0 aliphatic carbocycles. The van der Waals surface area contributed by atoms with E-state index in [2.05, 4.69) is 9.69 Å². The van der Waals surface area contributed by atoms with Gasteiger partial charge in [0.15, 0.2) is 5.15 Å². The number of hydrogen-bond donors (Lipinski definition) is 3. The fraction of sp³-hybridized carbons (Fsp3) is 0.429. The second-order valence-corrected chi connectivity index (χ2v) is 3.63. The van der Waals surface area contributed by atoms with Crippen molar-refractivity contribution in [3.05, 3.63) is 10.0 Å². The third kappa shape index (κ3) is 2.33. The SMILES string of the molecule is N#Cc1snc(Cl)c1NC(CO)CO. The number of nitrogens with one attached hydrogen (secondary N) is 1. The summed E-state index contributed by atoms with van der Waals surface area (Å²) in [5.74, 6) is 0. The van der Waals surface area contributed by atoms with Gasteiger partial charge in [-0.1, -0.05) is 11.6 Å². The zero-order valence-electron chi connectivity index (χ0n) is 7.07. The van der Waals surface area contributed by atoms with Crippen LogP contribution in [-0.4, -0.2) is 33.8 Å². The van der Waals surface area contributed by atoms with Gasteiger partial charge in [0.2, 0.25) is 0 Å². The van der Waals surface area contributed by atoms with E-state index in [1.54, 1.807) is 0 Å². The quantitative estimate of drug-likeness (QED) is 0.702. The van der Waals surface area contributed by atoms with E-state index in [0.717, 1.165) is 11.5 Å². The third-order valence-electron chi connectivity index (χ3n) is 1.54. The van der Waals surface area contributed by atoms with Crippen LogP contribution in [-0.2, 0) is 0 Å². The summed E-state index contributed by atoms with van der Waals surface area (Å²) in [7, 11) is 0. The normalized spacial score (nSPS) is 10.2. The molecule has 1 aromatic rings. The van der Waals surface area contributed by atoms with Gasteiger partial charge < -0.3 is 15.5 Å². The van der Waals surface area contributed by atoms with Gasteiger partial charge in [-0.25, -0.2) is 0 Å². The molecule has 0 amide bonds. The minimum absolute atomic E-state index is 0.179. The summed E-state index contributed by atoms with van der Waals surface area (Å²) in [5.41, 5.74) is 0.368. The average Bonchev–Trinajstić information content (AvgIpc) is 2.56. The standard InChI is InChI=1S/C7H8ClN3O2S/c8-7-6(5(1-9)14-11-7)10-4(2-12)3-13/h4,10,12-13H,2-3H2. The molecule has 14 heavy (non-hydrogen) atoms. The zero-order chi connectivity index (χ0) is 10.6. The highest BCUT2D eigenvalue weighted by Crippen LogP contribution is 2.28. The van der Waals surface area contributed by atoms with Crippen molar-refractivity contribution in [1.29, 1.82) is 5.26 Å². The van der Waals surface area contributed by atoms with Gasteiger partial charge >= 0.3 is 0 Å². The van der Waals surface area contributed by atoms with Crippen molar-refractivity contribution in [2.45, 2.75) is 6.04 Å². The van der Waals surface area contributed by atoms with Gasteiger partial charge in [0.05, 0.1) is 19.3 Å². The van der Waals surface area contributed by atoms with Crippen LogP contribution in [0.1, 0.15) is 4.88 Å². The largest absolute Gasteiger partial charge is 0.394 e. The summed E-state index contributed by atoms with van der Waals surface area (Å²) in [6, 6.07) is 1.38. The number of rotatable bonds is 4. The molecule has 1 heterocycles. The molecule has 3 N–H and O–H groups in total. The molecule has 1 rings (SSSR count). The maximum atomic E-state index is 8.81. The van der Waals surface area contributed by atoms with Crippen LogP contribution in [0, 0.1) is 11.3 Å². The molecule has 7 heteroatoms. The molecule has 5 nitrogen and oxygen atoms in total. The Morgan fingerprint density at radius 1 is 1.57 bits per heavy atom. The summed E-state index contributed by atoms with van der Waals surface area (Å²) in [5, 5.41) is 29.2. The zero-order valence-corrected chi connectivity index (χ0v) is 8.64. The predicted molar refractivity (Wildman–Crippen MR) is 53.4 cm³/mol. The molecule has 0 atom stereocenters. The lowest BCUT2D eigenvalue weighted by atomic mass is 10.3. The molecular weight excluding hydrogens is 226 g/mol. The summed E-state index contributed by atoms with van der Waals surface area (Å²) in [6.45, 7) is -0.485. The van der Waals surface area contributed by atoms with E-state index in [1.807, 2.05) is 6.07 Å². The number of halogens is 1. The van der Waals surface area contributed by atoms with Crippen LogP contribution in [0.15, 0.2) is 0 Å². The Hall–Kier alpha value is -0.870. The predicted octanol–water partition coefficient (Wildman–Crippen LogP) is 0.433. The number of nitriles is 1. The van der Waals surface area contributed by atoms with Crippen molar-refractivity contribution >= 4 is 28.8 Å². The van der Waals surface area contributed by atoms with E-state index in [1.165, 1.54) is 0 Å². The Bertz CT molecular complexity index is 345. The molecule has 0 radical (unpaired) electrons. The van der Waals surface area contributed by atoms with Gasteiger partial charge in [0, 0.05) is 0 Å². The number of anilines is 1. The first-order valence-corrected chi connectivity index (χ1v) is 4.91. The number of aliphatic hydroxyl groups excluding tert-OH is 2. The maximum absolute atomic E-state index is 8.81. The van der Waals surface area contributed by atoms with Gasteiger partial charge in [-0.15, -0.1) is 0 Å². The van der Waals surface area contributed by atoms with Gasteiger partial charge in [0.1, 0.15) is 16.6 Å². The lowest BCUT2D eigenvalue weighted by Crippen LogP contribution is -2.27. The third-order valence-corrected chi connectivity index (χ3v) is 2.67. The highest BCUT2D eigenvalue weighted by molar-refractivity contribution is 7.07. The smallest absolute Gasteiger partial charge is 0.167 e. The molecule has 0 unspecified atom stereocenters. The van der Waals surface area contributed by atoms with Crippen molar-refractivity contribution in [2.24, 2.45) is 0 Å². The van der Waals surface area contributed by atoms with Crippen LogP contribution in [0.3, 0.4) is 0 Å². The van der Waals surface area contributed by atoms with Crippen LogP contribution < -0.4 is 5.32 Å². The molecule has 0 bridgehead atoms. The molecule has 0 spiro atoms. The molecule has 0 saturated heterocycles. The van der Waals surface area contributed by atoms with Crippen molar-refractivity contribution in [3.63, 3.8) is 0 Å². The van der Waals surface area contributed by atoms with E-state index in [4.69, 9.17) is 27.1 Å². The fourth-order valence-corrected chi connectivity index (χ4v) is 1.68. The van der Waals surface area contributed by atoms with Crippen molar-refractivity contribution in [2.75, 3.05) is 18.5 Å². The number of nitrogens with zero attached hydrogens (tertiary/aromatic N) is 2. The van der Waals surface area contributed by atoms with Crippen molar-refractivity contribution < 1.29 is 10.2 Å². The van der Waals surface area contributed by atoms with E-state index < -0.39 is 6.04 Å². The van der Waals surface area contributed by atoms with Crippen LogP contribution in [0.4, 0.5) is 5.69 Å². The van der Waals surface area contributed by atoms with Crippen LogP contribution in [0.5, 0.6) is 0 Å². The van der Waals surface area contributed by atoms with Gasteiger partial charge in [-0.2, -0.15) is 9.64 Å². The topological polar surface area (TPSA) is 89.2 Å². The summed E-state index contributed by atoms with van der Waals surface area (Å²) in [6.07, 6.45) is 0. The molecule has 0 aliphatic rings. The Labute approximate surface area is 89.7 Å². The second-order valence-electron chi connectivity index (χ2n) is 2.50. The Morgan fingerprint density at radius 2 is 2.21 bits per heavy atom. The Morgan fingerprint density at radius 3 is 2.71 bits per heavy atom. The molecule has 76 valence electrons. The highest BCUT2D eigenvalue weighted by atomic mass is 35.5. The first-order chi connectivity index (χ1) is 6.72. The summed E-state index contributed by atoms with van der Waals surface area (Å²) in [4.78, 5) is 0.335. The van der Waals surface area contributed by atoms with Gasteiger partial charge in [0.25, 0.3) is 0 Å². The highest BCUT2D eigenvalue weighted by Gasteiger charge is 2.15. The van der Waals surface area contributed by atoms with Gasteiger partial charge in [-0.05, 0) is 11.5 Å². The number of hydrogen-bond acceptors (Lipinski definition) is 6. The van der Waals surface area contributed by atoms with E-state index in [9.17, 15) is 0 Å². The molecule has 0 aromatic carbocycles. The average molecular weight is 234 g/mol. The number of aliphatic hydroxyl groups is 2. The Balaban J connectivity index is 2.84. The van der Waals surface area contributed by atoms with Gasteiger partial charge in [-0.3, -0.25) is 0 Å². The van der Waals surface area contributed by atoms with Crippen LogP contribution >= 0.6 is 23.1 Å². The molecule has 0 fully saturated rings. The van der Waals surface area contributed by atoms with Crippen molar-refractivity contribution in [1.82, 2.24) is 4.37 Å². The lowest BCUT2D eigenvalue weighted by molar-refractivity contribution is 0.204. The molecule has 1 aromatic heterocycles. The van der Waals surface area contributed by atoms with E-state index >= 15 is 0 Å². The Kier molecular flexibility index (Phi) is 4.10. The maximum Gasteiger partial charge on any atom is 0.167 e. The molecule has 0 aliphatic heterocycles. The van der Waals surface area contributed by atoms with E-state index in [-0.39, 0.29) is 18.4 Å². The first-order valence-electron chi connectivity index (χ1n) is 3.76. The summed E-state index contributed by atoms with van der Waals surface area (Å²) < 4.78 is 3.77. The van der Waals surface area contributed by atoms with Crippen LogP contribution in [0.2, 0.25) is 5.15 Å². The molecule has 0 saturated carbocycles. The lowest BCUT2D eigenvalue weighted by Gasteiger charge is -2.13. The first kappa shape index (κ1) is 11.2. The fourth-order valence-electron chi connectivity index (χ4n) is 0.825. The monoisotopic (exact) mass is 233 g/mol. The van der Waals surface area contributed by atoms with E-state index in [0.29, 0.717) is 10.6 Å². The minimum atomic E-state index is -0.531. The molecular formula is C7H8ClN3O2S. The second kappa shape index (κ2) is 5.12. The number of aromatic nitrogens is 1. The van der Waals surface area contributed by atoms with Crippen LogP contribution in [0.25, 0.3) is 0 Å². The van der Waals surface area contributed by atoms with Crippen molar-refractivity contribution in [3.8, 4) is 6.07 Å². The summed E-state index contributed by atoms with van der Waals surface area (Å²) >= 11 is 6.67. The minimum Gasteiger partial charge on any atom is -0.394 e.